The standard InChI is InChI=1S/C36H44N4O5S/c1-44-20-21-45-33(41)17-16-26-12-14-27(15-13-26)22-38-23-28(24-38)34(42)39-19-18-32-31(25-39)35(43)40(29-8-4-2-5-9-29)36(37-32)46-30-10-6-3-7-11-30/h2,4-5,8-9,12-15,28,30H,3,6-7,10-11,16-25H2,1H3. The molecular formula is C36H44N4O5S. The number of likely N-dealkylation sites (tertiary alicyclic amines) is 1. The molecule has 0 N–H and O–H groups in total. The van der Waals surface area contributed by atoms with Crippen LogP contribution in [0.5, 0.6) is 0 Å². The first-order valence-electron chi connectivity index (χ1n) is 16.6. The average molecular weight is 645 g/mol. The van der Waals surface area contributed by atoms with Crippen LogP contribution in [0.25, 0.3) is 5.69 Å². The molecule has 1 amide bonds. The Morgan fingerprint density at radius 1 is 0.957 bits per heavy atom. The topological polar surface area (TPSA) is 94.0 Å². The van der Waals surface area contributed by atoms with Gasteiger partial charge in [-0.15, -0.1) is 0 Å². The van der Waals surface area contributed by atoms with Gasteiger partial charge in [-0.25, -0.2) is 4.98 Å². The molecule has 2 aliphatic heterocycles. The minimum absolute atomic E-state index is 0.0475. The number of carbonyl (C=O) groups is 2. The molecule has 3 aliphatic rings. The molecule has 0 unspecified atom stereocenters. The number of hydrogen-bond donors (Lipinski definition) is 0. The molecule has 3 heterocycles. The van der Waals surface area contributed by atoms with Crippen LogP contribution in [0, 0.1) is 5.92 Å². The minimum Gasteiger partial charge on any atom is -0.463 e. The Labute approximate surface area is 275 Å². The number of esters is 1. The van der Waals surface area contributed by atoms with Gasteiger partial charge in [0.2, 0.25) is 5.91 Å². The summed E-state index contributed by atoms with van der Waals surface area (Å²) < 4.78 is 11.8. The summed E-state index contributed by atoms with van der Waals surface area (Å²) >= 11 is 1.75. The normalized spacial score (nSPS) is 17.4. The molecule has 3 aromatic rings. The summed E-state index contributed by atoms with van der Waals surface area (Å²) in [5, 5.41) is 1.27. The maximum Gasteiger partial charge on any atom is 0.306 e. The highest BCUT2D eigenvalue weighted by atomic mass is 32.2. The number of methoxy groups -OCH3 is 1. The molecule has 46 heavy (non-hydrogen) atoms. The molecule has 2 fully saturated rings. The molecule has 1 saturated carbocycles. The predicted molar refractivity (Wildman–Crippen MR) is 178 cm³/mol. The Hall–Kier alpha value is -3.47. The Bertz CT molecular complexity index is 1550. The van der Waals surface area contributed by atoms with Crippen LogP contribution in [0.1, 0.15) is 60.9 Å². The van der Waals surface area contributed by atoms with Gasteiger partial charge in [-0.05, 0) is 42.5 Å². The lowest BCUT2D eigenvalue weighted by atomic mass is 9.95. The third kappa shape index (κ3) is 7.90. The van der Waals surface area contributed by atoms with Crippen LogP contribution in [0.15, 0.2) is 64.5 Å². The van der Waals surface area contributed by atoms with E-state index in [2.05, 4.69) is 29.2 Å². The van der Waals surface area contributed by atoms with Gasteiger partial charge in [0.1, 0.15) is 6.61 Å². The molecule has 244 valence electrons. The summed E-state index contributed by atoms with van der Waals surface area (Å²) in [5.74, 6) is -0.150. The van der Waals surface area contributed by atoms with Gasteiger partial charge < -0.3 is 14.4 Å². The van der Waals surface area contributed by atoms with Crippen molar-refractivity contribution in [3.8, 4) is 5.69 Å². The monoisotopic (exact) mass is 644 g/mol. The zero-order valence-electron chi connectivity index (χ0n) is 26.7. The lowest BCUT2D eigenvalue weighted by molar-refractivity contribution is -0.145. The first-order valence-corrected chi connectivity index (χ1v) is 17.5. The van der Waals surface area contributed by atoms with Crippen LogP contribution in [-0.4, -0.2) is 76.4 Å². The van der Waals surface area contributed by atoms with Crippen molar-refractivity contribution in [2.45, 2.75) is 74.9 Å². The molecule has 0 bridgehead atoms. The number of ether oxygens (including phenoxy) is 2. The van der Waals surface area contributed by atoms with Crippen LogP contribution in [0.4, 0.5) is 0 Å². The van der Waals surface area contributed by atoms with E-state index in [0.29, 0.717) is 62.9 Å². The molecule has 6 rings (SSSR count). The third-order valence-electron chi connectivity index (χ3n) is 9.25. The van der Waals surface area contributed by atoms with Gasteiger partial charge in [0, 0.05) is 51.4 Å². The van der Waals surface area contributed by atoms with Gasteiger partial charge in [0.15, 0.2) is 5.16 Å². The SMILES string of the molecule is COCCOC(=O)CCc1ccc(CN2CC(C(=O)N3CCc4nc(SC5CCCCC5)n(-c5ccccc5)c(=O)c4C3)C2)cc1. The van der Waals surface area contributed by atoms with Crippen LogP contribution in [0.3, 0.4) is 0 Å². The number of nitrogens with zero attached hydrogens (tertiary/aromatic N) is 4. The second kappa shape index (κ2) is 15.4. The fourth-order valence-electron chi connectivity index (χ4n) is 6.60. The summed E-state index contributed by atoms with van der Waals surface area (Å²) in [7, 11) is 1.58. The number of amides is 1. The molecule has 2 aromatic carbocycles. The van der Waals surface area contributed by atoms with E-state index in [4.69, 9.17) is 14.5 Å². The lowest BCUT2D eigenvalue weighted by Crippen LogP contribution is -2.55. The van der Waals surface area contributed by atoms with Gasteiger partial charge >= 0.3 is 5.97 Å². The molecule has 9 nitrogen and oxygen atoms in total. The average Bonchev–Trinajstić information content (AvgIpc) is 3.06. The van der Waals surface area contributed by atoms with Gasteiger partial charge in [-0.1, -0.05) is 73.5 Å². The van der Waals surface area contributed by atoms with E-state index in [-0.39, 0.29) is 30.0 Å². The fourth-order valence-corrected chi connectivity index (χ4v) is 7.92. The van der Waals surface area contributed by atoms with E-state index >= 15 is 0 Å². The number of rotatable bonds is 12. The zero-order chi connectivity index (χ0) is 31.9. The number of fused-ring (bicyclic) bond motifs is 1. The smallest absolute Gasteiger partial charge is 0.306 e. The van der Waals surface area contributed by atoms with Gasteiger partial charge in [0.05, 0.1) is 36.0 Å². The summed E-state index contributed by atoms with van der Waals surface area (Å²) in [5.41, 5.74) is 4.55. The summed E-state index contributed by atoms with van der Waals surface area (Å²) in [4.78, 5) is 48.7. The molecule has 0 radical (unpaired) electrons. The van der Waals surface area contributed by atoms with Crippen molar-refractivity contribution in [3.63, 3.8) is 0 Å². The first-order chi connectivity index (χ1) is 22.5. The van der Waals surface area contributed by atoms with E-state index in [0.717, 1.165) is 41.5 Å². The fraction of sp³-hybridized carbons (Fsp3) is 0.500. The highest BCUT2D eigenvalue weighted by Crippen LogP contribution is 2.34. The zero-order valence-corrected chi connectivity index (χ0v) is 27.5. The summed E-state index contributed by atoms with van der Waals surface area (Å²) in [6.45, 7) is 3.80. The third-order valence-corrected chi connectivity index (χ3v) is 10.5. The largest absolute Gasteiger partial charge is 0.463 e. The summed E-state index contributed by atoms with van der Waals surface area (Å²) in [6.07, 6.45) is 7.66. The number of benzene rings is 2. The van der Waals surface area contributed by atoms with Crippen molar-refractivity contribution in [2.24, 2.45) is 5.92 Å². The van der Waals surface area contributed by atoms with Gasteiger partial charge in [-0.2, -0.15) is 0 Å². The van der Waals surface area contributed by atoms with Crippen LogP contribution in [-0.2, 0) is 45.0 Å². The van der Waals surface area contributed by atoms with Crippen molar-refractivity contribution in [3.05, 3.63) is 87.3 Å². The Morgan fingerprint density at radius 2 is 1.70 bits per heavy atom. The maximum atomic E-state index is 14.0. The number of hydrogen-bond acceptors (Lipinski definition) is 8. The quantitative estimate of drug-likeness (QED) is 0.158. The van der Waals surface area contributed by atoms with Crippen molar-refractivity contribution >= 4 is 23.6 Å². The number of para-hydroxylation sites is 1. The van der Waals surface area contributed by atoms with E-state index in [1.165, 1.54) is 24.8 Å². The lowest BCUT2D eigenvalue weighted by Gasteiger charge is -2.41. The van der Waals surface area contributed by atoms with Crippen molar-refractivity contribution in [2.75, 3.05) is 40.0 Å². The minimum atomic E-state index is -0.217. The first kappa shape index (κ1) is 32.5. The predicted octanol–water partition coefficient (Wildman–Crippen LogP) is 4.80. The highest BCUT2D eigenvalue weighted by molar-refractivity contribution is 7.99. The van der Waals surface area contributed by atoms with Crippen LogP contribution < -0.4 is 5.56 Å². The molecule has 0 spiro atoms. The Balaban J connectivity index is 1.04. The van der Waals surface area contributed by atoms with Crippen LogP contribution >= 0.6 is 11.8 Å². The molecule has 1 aromatic heterocycles. The molecule has 0 atom stereocenters. The van der Waals surface area contributed by atoms with Gasteiger partial charge in [-0.3, -0.25) is 23.9 Å². The molecule has 10 heteroatoms. The van der Waals surface area contributed by atoms with E-state index < -0.39 is 0 Å². The number of aryl methyl sites for hydroxylation is 1. The second-order valence-electron chi connectivity index (χ2n) is 12.6. The second-order valence-corrected chi connectivity index (χ2v) is 13.9. The van der Waals surface area contributed by atoms with Crippen LogP contribution in [0.2, 0.25) is 0 Å². The van der Waals surface area contributed by atoms with Crippen molar-refractivity contribution < 1.29 is 19.1 Å². The van der Waals surface area contributed by atoms with E-state index in [9.17, 15) is 14.4 Å². The molecule has 1 aliphatic carbocycles. The highest BCUT2D eigenvalue weighted by Gasteiger charge is 2.37. The molecular weight excluding hydrogens is 600 g/mol. The number of aromatic nitrogens is 2. The number of carbonyl (C=O) groups excluding carboxylic acids is 2. The molecule has 1 saturated heterocycles. The number of thioether (sulfide) groups is 1. The van der Waals surface area contributed by atoms with E-state index in [1.807, 2.05) is 35.2 Å². The Morgan fingerprint density at radius 3 is 2.43 bits per heavy atom. The summed E-state index contributed by atoms with van der Waals surface area (Å²) in [6, 6.07) is 18.1. The van der Waals surface area contributed by atoms with Crippen molar-refractivity contribution in [1.82, 2.24) is 19.4 Å². The van der Waals surface area contributed by atoms with Crippen molar-refractivity contribution in [1.29, 1.82) is 0 Å². The Kier molecular flexibility index (Phi) is 10.9. The van der Waals surface area contributed by atoms with E-state index in [1.54, 1.807) is 23.4 Å². The maximum absolute atomic E-state index is 14.0. The van der Waals surface area contributed by atoms with Gasteiger partial charge in [0.25, 0.3) is 5.56 Å².